The van der Waals surface area contributed by atoms with Crippen molar-refractivity contribution in [2.24, 2.45) is 5.92 Å². The van der Waals surface area contributed by atoms with Gasteiger partial charge in [0.05, 0.1) is 11.0 Å². The molecule has 0 radical (unpaired) electrons. The summed E-state index contributed by atoms with van der Waals surface area (Å²) >= 11 is 1.24. The van der Waals surface area contributed by atoms with Gasteiger partial charge in [-0.1, -0.05) is 13.8 Å². The number of hydrogen-bond donors (Lipinski definition) is 2. The molecule has 0 aromatic heterocycles. The number of amides is 2. The Bertz CT molecular complexity index is 378. The molecule has 21 heavy (non-hydrogen) atoms. The summed E-state index contributed by atoms with van der Waals surface area (Å²) in [5, 5.41) is 5.04. The van der Waals surface area contributed by atoms with Gasteiger partial charge in [0.25, 0.3) is 0 Å². The maximum Gasteiger partial charge on any atom is 0.233 e. The molecule has 0 aliphatic rings. The van der Waals surface area contributed by atoms with Crippen LogP contribution in [0, 0.1) is 5.92 Å². The molecule has 0 aromatic carbocycles. The Morgan fingerprint density at radius 1 is 0.952 bits per heavy atom. The Labute approximate surface area is 135 Å². The van der Waals surface area contributed by atoms with Gasteiger partial charge < -0.3 is 10.6 Å². The Balaban J connectivity index is -0.00000200. The van der Waals surface area contributed by atoms with Gasteiger partial charge in [0, 0.05) is 27.3 Å². The van der Waals surface area contributed by atoms with Gasteiger partial charge in [-0.2, -0.15) is 0 Å². The third-order valence-corrected chi connectivity index (χ3v) is 3.85. The number of nitrogens with one attached hydrogen (secondary N) is 2. The minimum absolute atomic E-state index is 0. The third-order valence-electron chi connectivity index (χ3n) is 2.61. The number of thioether (sulfide) groups is 1. The van der Waals surface area contributed by atoms with Gasteiger partial charge in [0.1, 0.15) is 5.78 Å². The first-order valence-corrected chi connectivity index (χ1v) is 8.42. The topological polar surface area (TPSA) is 75.3 Å². The normalized spacial score (nSPS) is 12.6. The van der Waals surface area contributed by atoms with Crippen molar-refractivity contribution >= 4 is 29.4 Å². The van der Waals surface area contributed by atoms with Crippen LogP contribution in [0.2, 0.25) is 0 Å². The van der Waals surface area contributed by atoms with Crippen LogP contribution >= 0.6 is 11.8 Å². The second kappa shape index (κ2) is 9.82. The van der Waals surface area contributed by atoms with E-state index in [1.54, 1.807) is 0 Å². The van der Waals surface area contributed by atoms with Gasteiger partial charge >= 0.3 is 0 Å². The Hall–Kier alpha value is -1.04. The van der Waals surface area contributed by atoms with Gasteiger partial charge in [0.2, 0.25) is 11.8 Å². The van der Waals surface area contributed by atoms with E-state index in [2.05, 4.69) is 10.6 Å². The molecule has 0 rings (SSSR count). The van der Waals surface area contributed by atoms with Crippen molar-refractivity contribution in [3.63, 3.8) is 0 Å². The summed E-state index contributed by atoms with van der Waals surface area (Å²) in [4.78, 5) is 35.7. The highest BCUT2D eigenvalue weighted by Gasteiger charge is 2.24. The first-order valence-electron chi connectivity index (χ1n) is 7.37. The molecule has 6 heteroatoms. The summed E-state index contributed by atoms with van der Waals surface area (Å²) in [5.74, 6) is -0.0747. The molecule has 1 unspecified atom stereocenters. The summed E-state index contributed by atoms with van der Waals surface area (Å²) in [5.41, 5.74) is 0. The van der Waals surface area contributed by atoms with E-state index in [1.165, 1.54) is 11.8 Å². The number of carbonyl (C=O) groups is 3. The molecule has 5 nitrogen and oxygen atoms in total. The molecule has 2 amide bonds. The molecular weight excluding hydrogens is 288 g/mol. The van der Waals surface area contributed by atoms with Crippen LogP contribution in [0.5, 0.6) is 0 Å². The Morgan fingerprint density at radius 3 is 1.90 bits per heavy atom. The Kier molecular flexibility index (Phi) is 9.33. The molecule has 0 saturated heterocycles. The van der Waals surface area contributed by atoms with Gasteiger partial charge in [-0.25, -0.2) is 0 Å². The lowest BCUT2D eigenvalue weighted by atomic mass is 10.1. The number of carbonyl (C=O) groups excluding carboxylic acids is 3. The second-order valence-corrected chi connectivity index (χ2v) is 7.20. The zero-order valence-electron chi connectivity index (χ0n) is 13.9. The Morgan fingerprint density at radius 2 is 1.48 bits per heavy atom. The summed E-state index contributed by atoms with van der Waals surface area (Å²) in [6, 6.07) is 0.0446. The fourth-order valence-electron chi connectivity index (χ4n) is 1.50. The van der Waals surface area contributed by atoms with Crippen LogP contribution in [0.25, 0.3) is 0 Å². The second-order valence-electron chi connectivity index (χ2n) is 6.01. The molecule has 0 saturated carbocycles. The minimum atomic E-state index is -0.533. The van der Waals surface area contributed by atoms with Gasteiger partial charge in [-0.15, -0.1) is 11.8 Å². The van der Waals surface area contributed by atoms with Crippen molar-refractivity contribution in [2.45, 2.75) is 65.3 Å². The maximum atomic E-state index is 12.1. The van der Waals surface area contributed by atoms with Crippen molar-refractivity contribution in [1.29, 1.82) is 0 Å². The first-order chi connectivity index (χ1) is 9.63. The lowest BCUT2D eigenvalue weighted by Gasteiger charge is -2.19. The zero-order chi connectivity index (χ0) is 16.6. The first kappa shape index (κ1) is 20.0. The van der Waals surface area contributed by atoms with Crippen molar-refractivity contribution in [1.82, 2.24) is 10.6 Å². The van der Waals surface area contributed by atoms with E-state index in [0.29, 0.717) is 0 Å². The van der Waals surface area contributed by atoms with Crippen molar-refractivity contribution in [3.05, 3.63) is 0 Å². The fourth-order valence-corrected chi connectivity index (χ4v) is 2.69. The summed E-state index contributed by atoms with van der Waals surface area (Å²) < 4.78 is 0. The van der Waals surface area contributed by atoms with E-state index in [9.17, 15) is 14.4 Å². The van der Waals surface area contributed by atoms with E-state index in [1.807, 2.05) is 41.5 Å². The van der Waals surface area contributed by atoms with E-state index in [-0.39, 0.29) is 50.6 Å². The van der Waals surface area contributed by atoms with Crippen molar-refractivity contribution in [3.8, 4) is 0 Å². The van der Waals surface area contributed by atoms with Crippen LogP contribution in [-0.4, -0.2) is 40.7 Å². The fraction of sp³-hybridized carbons (Fsp3) is 0.800. The van der Waals surface area contributed by atoms with Crippen molar-refractivity contribution in [2.75, 3.05) is 5.75 Å². The standard InChI is InChI=1S/C15H28N2O3S.2H2/c1-9(2)12(18)8-21-13(15(20)17-11(5)6)7-14(19)16-10(3)4;;/h9-11,13H,7-8H2,1-6H3,(H,16,19)(H,17,20);2*1H. The molecule has 0 heterocycles. The average molecular weight is 320 g/mol. The number of Topliss-reactive ketones (excluding diaryl/α,β-unsaturated/α-hetero) is 1. The molecule has 2 N–H and O–H groups in total. The van der Waals surface area contributed by atoms with E-state index < -0.39 is 5.25 Å². The molecule has 0 bridgehead atoms. The molecule has 126 valence electrons. The van der Waals surface area contributed by atoms with E-state index in [0.717, 1.165) is 0 Å². The molecule has 1 atom stereocenters. The molecule has 0 spiro atoms. The lowest BCUT2D eigenvalue weighted by molar-refractivity contribution is -0.126. The SMILES string of the molecule is CC(C)NC(=O)CC(SCC(=O)C(C)C)C(=O)NC(C)C.[HH].[HH]. The smallest absolute Gasteiger partial charge is 0.233 e. The van der Waals surface area contributed by atoms with Gasteiger partial charge in [-0.3, -0.25) is 14.4 Å². The molecule has 0 aliphatic heterocycles. The molecule has 0 aromatic rings. The van der Waals surface area contributed by atoms with Gasteiger partial charge in [0.15, 0.2) is 0 Å². The van der Waals surface area contributed by atoms with Crippen LogP contribution in [-0.2, 0) is 14.4 Å². The quantitative estimate of drug-likeness (QED) is 0.683. The highest BCUT2D eigenvalue weighted by atomic mass is 32.2. The maximum absolute atomic E-state index is 12.1. The van der Waals surface area contributed by atoms with Crippen LogP contribution < -0.4 is 10.6 Å². The van der Waals surface area contributed by atoms with Crippen molar-refractivity contribution < 1.29 is 17.2 Å². The number of hydrogen-bond acceptors (Lipinski definition) is 4. The van der Waals surface area contributed by atoms with Crippen LogP contribution in [0.3, 0.4) is 0 Å². The van der Waals surface area contributed by atoms with Gasteiger partial charge in [-0.05, 0) is 27.7 Å². The minimum Gasteiger partial charge on any atom is -0.354 e. The highest BCUT2D eigenvalue weighted by Crippen LogP contribution is 2.17. The van der Waals surface area contributed by atoms with Crippen LogP contribution in [0.1, 0.15) is 50.8 Å². The largest absolute Gasteiger partial charge is 0.354 e. The highest BCUT2D eigenvalue weighted by molar-refractivity contribution is 8.01. The molecular formula is C15H32N2O3S. The summed E-state index contributed by atoms with van der Waals surface area (Å²) in [6.07, 6.45) is 0.0901. The third kappa shape index (κ3) is 9.50. The van der Waals surface area contributed by atoms with E-state index >= 15 is 0 Å². The molecule has 0 aliphatic carbocycles. The predicted molar refractivity (Wildman–Crippen MR) is 91.5 cm³/mol. The summed E-state index contributed by atoms with van der Waals surface area (Å²) in [6.45, 7) is 11.1. The number of rotatable bonds is 9. The van der Waals surface area contributed by atoms with E-state index in [4.69, 9.17) is 0 Å². The monoisotopic (exact) mass is 320 g/mol. The molecule has 0 fully saturated rings. The predicted octanol–water partition coefficient (Wildman–Crippen LogP) is 2.24. The lowest BCUT2D eigenvalue weighted by Crippen LogP contribution is -2.41. The summed E-state index contributed by atoms with van der Waals surface area (Å²) in [7, 11) is 0. The number of ketones is 1. The average Bonchev–Trinajstić information content (AvgIpc) is 2.31. The zero-order valence-corrected chi connectivity index (χ0v) is 14.7. The van der Waals surface area contributed by atoms with Crippen LogP contribution in [0.15, 0.2) is 0 Å². The van der Waals surface area contributed by atoms with Crippen LogP contribution in [0.4, 0.5) is 0 Å².